The van der Waals surface area contributed by atoms with Crippen molar-refractivity contribution in [3.8, 4) is 0 Å². The number of carbonyl (C=O) groups excluding carboxylic acids is 1. The Morgan fingerprint density at radius 1 is 1.33 bits per heavy atom. The molecular formula is C17H26ClN3O5S. The van der Waals surface area contributed by atoms with E-state index in [-0.39, 0.29) is 29.7 Å². The molecule has 152 valence electrons. The molecule has 1 aliphatic rings. The number of aromatic nitrogens is 2. The Morgan fingerprint density at radius 2 is 1.96 bits per heavy atom. The molecular weight excluding hydrogens is 394 g/mol. The molecule has 0 aliphatic carbocycles. The molecule has 0 spiro atoms. The van der Waals surface area contributed by atoms with Gasteiger partial charge in [-0.3, -0.25) is 9.17 Å². The van der Waals surface area contributed by atoms with Crippen molar-refractivity contribution in [2.24, 2.45) is 5.92 Å². The Hall–Kier alpha value is -1.45. The predicted molar refractivity (Wildman–Crippen MR) is 101 cm³/mol. The van der Waals surface area contributed by atoms with E-state index in [9.17, 15) is 13.2 Å². The fraction of sp³-hybridized carbons (Fsp3) is 0.706. The van der Waals surface area contributed by atoms with Crippen LogP contribution >= 0.6 is 11.6 Å². The van der Waals surface area contributed by atoms with Gasteiger partial charge in [-0.15, -0.1) is 0 Å². The first kappa shape index (κ1) is 21.8. The number of carbonyl (C=O) groups is 1. The van der Waals surface area contributed by atoms with Gasteiger partial charge in [-0.25, -0.2) is 9.78 Å². The summed E-state index contributed by atoms with van der Waals surface area (Å²) in [6.45, 7) is 6.48. The summed E-state index contributed by atoms with van der Waals surface area (Å²) in [5, 5.41) is 0.239. The van der Waals surface area contributed by atoms with Crippen LogP contribution in [0.4, 0.5) is 4.79 Å². The third-order valence-corrected chi connectivity index (χ3v) is 4.97. The van der Waals surface area contributed by atoms with Crippen molar-refractivity contribution in [1.29, 1.82) is 0 Å². The summed E-state index contributed by atoms with van der Waals surface area (Å²) >= 11 is 5.94. The number of nitrogens with zero attached hydrogens (tertiary/aromatic N) is 3. The minimum Gasteiger partial charge on any atom is -0.444 e. The second-order valence-electron chi connectivity index (χ2n) is 7.67. The SMILES string of the molecule is CC(C)(C)OC(=O)N1CCC([C@H](COS(C)(=O)=O)c2cncc(Cl)n2)CC1. The summed E-state index contributed by atoms with van der Waals surface area (Å²) < 4.78 is 33.3. The van der Waals surface area contributed by atoms with E-state index in [4.69, 9.17) is 20.5 Å². The van der Waals surface area contributed by atoms with Crippen LogP contribution in [0.1, 0.15) is 45.2 Å². The molecule has 1 fully saturated rings. The molecule has 0 N–H and O–H groups in total. The number of hydrogen-bond donors (Lipinski definition) is 0. The smallest absolute Gasteiger partial charge is 0.410 e. The number of piperidine rings is 1. The van der Waals surface area contributed by atoms with Crippen molar-refractivity contribution in [3.63, 3.8) is 0 Å². The van der Waals surface area contributed by atoms with Gasteiger partial charge in [0.2, 0.25) is 0 Å². The van der Waals surface area contributed by atoms with E-state index in [0.29, 0.717) is 31.6 Å². The summed E-state index contributed by atoms with van der Waals surface area (Å²) in [4.78, 5) is 22.2. The number of ether oxygens (including phenoxy) is 1. The van der Waals surface area contributed by atoms with Crippen LogP contribution in [0, 0.1) is 5.92 Å². The molecule has 0 bridgehead atoms. The van der Waals surface area contributed by atoms with E-state index >= 15 is 0 Å². The highest BCUT2D eigenvalue weighted by atomic mass is 35.5. The first-order valence-corrected chi connectivity index (χ1v) is 10.9. The van der Waals surface area contributed by atoms with Gasteiger partial charge >= 0.3 is 6.09 Å². The second kappa shape index (κ2) is 8.70. The summed E-state index contributed by atoms with van der Waals surface area (Å²) in [7, 11) is -3.59. The van der Waals surface area contributed by atoms with Gasteiger partial charge in [0.1, 0.15) is 10.8 Å². The van der Waals surface area contributed by atoms with Crippen molar-refractivity contribution in [1.82, 2.24) is 14.9 Å². The first-order valence-electron chi connectivity index (χ1n) is 8.74. The number of likely N-dealkylation sites (tertiary alicyclic amines) is 1. The van der Waals surface area contributed by atoms with E-state index in [1.807, 2.05) is 20.8 Å². The Morgan fingerprint density at radius 3 is 2.48 bits per heavy atom. The van der Waals surface area contributed by atoms with E-state index in [2.05, 4.69) is 9.97 Å². The van der Waals surface area contributed by atoms with E-state index in [1.54, 1.807) is 11.1 Å². The topological polar surface area (TPSA) is 98.7 Å². The van der Waals surface area contributed by atoms with Crippen LogP contribution in [-0.4, -0.2) is 60.9 Å². The van der Waals surface area contributed by atoms with Gasteiger partial charge in [-0.1, -0.05) is 11.6 Å². The monoisotopic (exact) mass is 419 g/mol. The highest BCUT2D eigenvalue weighted by molar-refractivity contribution is 7.85. The third kappa shape index (κ3) is 7.23. The van der Waals surface area contributed by atoms with Crippen LogP contribution in [-0.2, 0) is 19.0 Å². The average molecular weight is 420 g/mol. The molecule has 1 amide bonds. The Kier molecular flexibility index (Phi) is 7.04. The van der Waals surface area contributed by atoms with Gasteiger partial charge in [-0.2, -0.15) is 8.42 Å². The summed E-state index contributed by atoms with van der Waals surface area (Å²) in [6.07, 6.45) is 5.01. The summed E-state index contributed by atoms with van der Waals surface area (Å²) in [6, 6.07) is 0. The lowest BCUT2D eigenvalue weighted by atomic mass is 9.83. The molecule has 0 radical (unpaired) electrons. The predicted octanol–water partition coefficient (Wildman–Crippen LogP) is 2.84. The van der Waals surface area contributed by atoms with E-state index < -0.39 is 15.7 Å². The molecule has 2 rings (SSSR count). The minimum atomic E-state index is -3.59. The maximum Gasteiger partial charge on any atom is 0.410 e. The molecule has 8 nitrogen and oxygen atoms in total. The molecule has 1 atom stereocenters. The first-order chi connectivity index (χ1) is 12.4. The maximum absolute atomic E-state index is 12.2. The molecule has 2 heterocycles. The molecule has 27 heavy (non-hydrogen) atoms. The summed E-state index contributed by atoms with van der Waals surface area (Å²) in [5.41, 5.74) is 0.0396. The third-order valence-electron chi connectivity index (χ3n) is 4.23. The fourth-order valence-corrected chi connectivity index (χ4v) is 3.55. The molecule has 1 aromatic rings. The van der Waals surface area contributed by atoms with E-state index in [0.717, 1.165) is 6.26 Å². The standard InChI is InChI=1S/C17H26ClN3O5S/c1-17(2,3)26-16(22)21-7-5-12(6-8-21)13(11-25-27(4,23)24)14-9-19-10-15(18)20-14/h9-10,12-13H,5-8,11H2,1-4H3/t13-/m0/s1. The Balaban J connectivity index is 2.08. The van der Waals surface area contributed by atoms with Crippen LogP contribution in [0.2, 0.25) is 5.15 Å². The highest BCUT2D eigenvalue weighted by Crippen LogP contribution is 2.33. The second-order valence-corrected chi connectivity index (χ2v) is 9.70. The molecule has 10 heteroatoms. The van der Waals surface area contributed by atoms with Crippen molar-refractivity contribution < 1.29 is 22.1 Å². The van der Waals surface area contributed by atoms with Gasteiger partial charge < -0.3 is 9.64 Å². The molecule has 1 aromatic heterocycles. The molecule has 0 unspecified atom stereocenters. The molecule has 0 aromatic carbocycles. The van der Waals surface area contributed by atoms with Gasteiger partial charge in [-0.05, 0) is 39.5 Å². The van der Waals surface area contributed by atoms with Crippen LogP contribution in [0.25, 0.3) is 0 Å². The lowest BCUT2D eigenvalue weighted by Crippen LogP contribution is -2.43. The van der Waals surface area contributed by atoms with E-state index in [1.165, 1.54) is 6.20 Å². The van der Waals surface area contributed by atoms with Crippen LogP contribution in [0.15, 0.2) is 12.4 Å². The number of rotatable bonds is 5. The van der Waals surface area contributed by atoms with Gasteiger partial charge in [0.25, 0.3) is 10.1 Å². The van der Waals surface area contributed by atoms with Crippen molar-refractivity contribution in [3.05, 3.63) is 23.2 Å². The lowest BCUT2D eigenvalue weighted by Gasteiger charge is -2.36. The quantitative estimate of drug-likeness (QED) is 0.676. The molecule has 0 saturated carbocycles. The number of hydrogen-bond acceptors (Lipinski definition) is 7. The van der Waals surface area contributed by atoms with Crippen LogP contribution in [0.5, 0.6) is 0 Å². The molecule has 1 aliphatic heterocycles. The number of halogens is 1. The zero-order valence-corrected chi connectivity index (χ0v) is 17.6. The maximum atomic E-state index is 12.2. The normalized spacial score (nSPS) is 17.6. The van der Waals surface area contributed by atoms with Crippen molar-refractivity contribution in [2.75, 3.05) is 26.0 Å². The lowest BCUT2D eigenvalue weighted by molar-refractivity contribution is 0.0167. The van der Waals surface area contributed by atoms with Crippen LogP contribution in [0.3, 0.4) is 0 Å². The largest absolute Gasteiger partial charge is 0.444 e. The van der Waals surface area contributed by atoms with Gasteiger partial charge in [0.05, 0.1) is 24.8 Å². The number of amides is 1. The van der Waals surface area contributed by atoms with Gasteiger partial charge in [0, 0.05) is 25.2 Å². The summed E-state index contributed by atoms with van der Waals surface area (Å²) in [5.74, 6) is -0.204. The van der Waals surface area contributed by atoms with Crippen molar-refractivity contribution >= 4 is 27.8 Å². The van der Waals surface area contributed by atoms with Crippen LogP contribution < -0.4 is 0 Å². The minimum absolute atomic E-state index is 0.0367. The van der Waals surface area contributed by atoms with Gasteiger partial charge in [0.15, 0.2) is 0 Å². The average Bonchev–Trinajstić information content (AvgIpc) is 2.53. The highest BCUT2D eigenvalue weighted by Gasteiger charge is 2.33. The zero-order chi connectivity index (χ0) is 20.2. The Labute approximate surface area is 165 Å². The molecule has 1 saturated heterocycles. The fourth-order valence-electron chi connectivity index (χ4n) is 3.01. The Bertz CT molecular complexity index is 758. The van der Waals surface area contributed by atoms with Crippen molar-refractivity contribution in [2.45, 2.75) is 45.1 Å². The zero-order valence-electron chi connectivity index (χ0n) is 16.0.